The first-order valence-corrected chi connectivity index (χ1v) is 15.4. The van der Waals surface area contributed by atoms with E-state index in [1.165, 1.54) is 24.3 Å². The van der Waals surface area contributed by atoms with E-state index >= 15 is 0 Å². The minimum atomic E-state index is -0.823. The van der Waals surface area contributed by atoms with Gasteiger partial charge in [0.2, 0.25) is 52.3 Å². The molecule has 2 rings (SSSR count). The van der Waals surface area contributed by atoms with Crippen molar-refractivity contribution < 1.29 is 85.6 Å². The van der Waals surface area contributed by atoms with Gasteiger partial charge < -0.3 is 56.8 Å². The van der Waals surface area contributed by atoms with Crippen LogP contribution in [0.25, 0.3) is 0 Å². The van der Waals surface area contributed by atoms with Crippen LogP contribution < -0.4 is 28.4 Å². The summed E-state index contributed by atoms with van der Waals surface area (Å²) in [5, 5.41) is 0. The lowest BCUT2D eigenvalue weighted by atomic mass is 10.1. The Labute approximate surface area is 319 Å². The molecule has 0 amide bonds. The number of ether oxygens (including phenoxy) is 12. The molecule has 18 heteroatoms. The predicted octanol–water partition coefficient (Wildman–Crippen LogP) is 3.48. The number of hydrogen-bond acceptors (Lipinski definition) is 18. The molecule has 0 saturated carbocycles. The maximum Gasteiger partial charge on any atom is 0.333 e. The van der Waals surface area contributed by atoms with Crippen molar-refractivity contribution in [2.75, 3.05) is 40.8 Å². The van der Waals surface area contributed by atoms with Crippen LogP contribution >= 0.6 is 0 Å². The Morgan fingerprint density at radius 1 is 0.375 bits per heavy atom. The van der Waals surface area contributed by atoms with Crippen LogP contribution in [0.3, 0.4) is 0 Å². The van der Waals surface area contributed by atoms with Crippen molar-refractivity contribution in [1.29, 1.82) is 0 Å². The highest BCUT2D eigenvalue weighted by molar-refractivity contribution is 5.83. The molecule has 0 aliphatic rings. The van der Waals surface area contributed by atoms with E-state index in [0.717, 1.165) is 36.5 Å². The fourth-order valence-electron chi connectivity index (χ4n) is 3.41. The summed E-state index contributed by atoms with van der Waals surface area (Å²) in [6.45, 7) is 15.8. The van der Waals surface area contributed by atoms with Crippen molar-refractivity contribution in [1.82, 2.24) is 0 Å². The van der Waals surface area contributed by atoms with Gasteiger partial charge in [-0.2, -0.15) is 0 Å². The average molecular weight is 779 g/mol. The van der Waals surface area contributed by atoms with E-state index in [0.29, 0.717) is 0 Å². The van der Waals surface area contributed by atoms with Gasteiger partial charge in [-0.05, 0) is 0 Å². The number of esters is 6. The summed E-state index contributed by atoms with van der Waals surface area (Å²) in [6.07, 6.45) is 5.37. The second-order valence-corrected chi connectivity index (χ2v) is 9.43. The van der Waals surface area contributed by atoms with Gasteiger partial charge in [-0.3, -0.25) is 0 Å². The topological polar surface area (TPSA) is 213 Å². The summed E-state index contributed by atoms with van der Waals surface area (Å²) in [5.41, 5.74) is 0.272. The molecule has 0 aromatic heterocycles. The summed E-state index contributed by atoms with van der Waals surface area (Å²) in [6, 6.07) is 5.30. The second-order valence-electron chi connectivity index (χ2n) is 9.43. The van der Waals surface area contributed by atoms with Crippen molar-refractivity contribution >= 4 is 35.8 Å². The number of benzene rings is 2. The summed E-state index contributed by atoms with van der Waals surface area (Å²) in [7, 11) is 0. The Morgan fingerprint density at radius 3 is 0.768 bits per heavy atom. The van der Waals surface area contributed by atoms with Gasteiger partial charge in [-0.25, -0.2) is 28.8 Å². The molecule has 0 unspecified atom stereocenters. The SMILES string of the molecule is C=CC(=O)OCOc1cc(C#Cc2cc(OCOC(=O)C=C)c(OCOC(=O)C=C)c(OCOC(=O)C=C)c2)cc(OCOC(=O)C=C)c1OCOC(=O)C=C. The maximum atomic E-state index is 11.7. The van der Waals surface area contributed by atoms with Crippen molar-refractivity contribution in [3.05, 3.63) is 111 Å². The third kappa shape index (κ3) is 15.7. The fraction of sp³-hybridized carbons (Fsp3) is 0.158. The standard InChI is InChI=1S/C38H34O18/c1-7-31(39)49-19-45-27-15-25(16-28(46-20-50-32(40)8-2)37(27)55-23-53-35(43)11-5)13-14-26-17-29(47-21-51-33(41)9-3)38(56-24-54-36(44)12-6)30(18-26)48-22-52-34(42)10-4/h7-12,15-18H,1-6,19-24H2. The van der Waals surface area contributed by atoms with Crippen LogP contribution in [0.4, 0.5) is 0 Å². The highest BCUT2D eigenvalue weighted by Gasteiger charge is 2.19. The number of carbonyl (C=O) groups excluding carboxylic acids is 6. The van der Waals surface area contributed by atoms with Gasteiger partial charge in [-0.1, -0.05) is 51.3 Å². The van der Waals surface area contributed by atoms with Gasteiger partial charge in [0.15, 0.2) is 23.0 Å². The average Bonchev–Trinajstić information content (AvgIpc) is 3.20. The molecule has 2 aromatic carbocycles. The Balaban J connectivity index is 2.72. The number of hydrogen-bond donors (Lipinski definition) is 0. The smallest absolute Gasteiger partial charge is 0.333 e. The first kappa shape index (κ1) is 44.2. The maximum absolute atomic E-state index is 11.7. The highest BCUT2D eigenvalue weighted by atomic mass is 16.7. The lowest BCUT2D eigenvalue weighted by molar-refractivity contribution is -0.146. The zero-order chi connectivity index (χ0) is 41.3. The van der Waals surface area contributed by atoms with E-state index in [1.54, 1.807) is 0 Å². The third-order valence-electron chi connectivity index (χ3n) is 5.86. The zero-order valence-corrected chi connectivity index (χ0v) is 29.6. The van der Waals surface area contributed by atoms with Crippen LogP contribution in [0, 0.1) is 11.8 Å². The quantitative estimate of drug-likeness (QED) is 0.0490. The number of carbonyl (C=O) groups is 6. The van der Waals surface area contributed by atoms with Crippen LogP contribution in [0.5, 0.6) is 34.5 Å². The van der Waals surface area contributed by atoms with E-state index in [-0.39, 0.29) is 45.6 Å². The molecule has 2 aromatic rings. The van der Waals surface area contributed by atoms with Gasteiger partial charge in [0.1, 0.15) is 0 Å². The van der Waals surface area contributed by atoms with Crippen molar-refractivity contribution in [2.45, 2.75) is 0 Å². The Kier molecular flexibility index (Phi) is 19.2. The molecule has 56 heavy (non-hydrogen) atoms. The molecule has 18 nitrogen and oxygen atoms in total. The molecule has 0 aliphatic carbocycles. The minimum absolute atomic E-state index is 0.136. The van der Waals surface area contributed by atoms with E-state index in [4.69, 9.17) is 56.8 Å². The molecule has 0 spiro atoms. The predicted molar refractivity (Wildman–Crippen MR) is 190 cm³/mol. The van der Waals surface area contributed by atoms with Gasteiger partial charge in [-0.15, -0.1) is 0 Å². The molecule has 0 atom stereocenters. The first-order valence-electron chi connectivity index (χ1n) is 15.4. The van der Waals surface area contributed by atoms with Gasteiger partial charge in [0, 0.05) is 71.8 Å². The first-order chi connectivity index (χ1) is 27.0. The Hall–Kier alpha value is -7.94. The summed E-state index contributed by atoms with van der Waals surface area (Å²) in [5.74, 6) is -0.307. The molecule has 0 heterocycles. The van der Waals surface area contributed by atoms with E-state index in [2.05, 4.69) is 51.3 Å². The van der Waals surface area contributed by atoms with E-state index in [1.807, 2.05) is 0 Å². The molecule has 0 fully saturated rings. The van der Waals surface area contributed by atoms with Crippen molar-refractivity contribution in [3.8, 4) is 46.3 Å². The van der Waals surface area contributed by atoms with Crippen LogP contribution in [0.2, 0.25) is 0 Å². The second kappa shape index (κ2) is 24.3. The van der Waals surface area contributed by atoms with Crippen LogP contribution in [-0.2, 0) is 57.2 Å². The monoisotopic (exact) mass is 778 g/mol. The number of rotatable bonds is 24. The molecule has 0 N–H and O–H groups in total. The van der Waals surface area contributed by atoms with Crippen molar-refractivity contribution in [2.24, 2.45) is 0 Å². The van der Waals surface area contributed by atoms with Gasteiger partial charge in [0.05, 0.1) is 0 Å². The minimum Gasteiger partial charge on any atom is -0.453 e. The van der Waals surface area contributed by atoms with E-state index < -0.39 is 76.6 Å². The normalized spacial score (nSPS) is 9.50. The largest absolute Gasteiger partial charge is 0.453 e. The van der Waals surface area contributed by atoms with Gasteiger partial charge in [0.25, 0.3) is 0 Å². The van der Waals surface area contributed by atoms with Crippen molar-refractivity contribution in [3.63, 3.8) is 0 Å². The van der Waals surface area contributed by atoms with Crippen LogP contribution in [0.1, 0.15) is 11.1 Å². The fourth-order valence-corrected chi connectivity index (χ4v) is 3.41. The van der Waals surface area contributed by atoms with Gasteiger partial charge >= 0.3 is 35.8 Å². The molecule has 0 radical (unpaired) electrons. The Morgan fingerprint density at radius 2 is 0.571 bits per heavy atom. The highest BCUT2D eigenvalue weighted by Crippen LogP contribution is 2.41. The Bertz CT molecular complexity index is 1670. The lowest BCUT2D eigenvalue weighted by Crippen LogP contribution is -2.13. The van der Waals surface area contributed by atoms with Crippen LogP contribution in [0.15, 0.2) is 100 Å². The summed E-state index contributed by atoms with van der Waals surface area (Å²) >= 11 is 0. The van der Waals surface area contributed by atoms with Crippen LogP contribution in [-0.4, -0.2) is 76.6 Å². The molecule has 294 valence electrons. The molecular formula is C38H34O18. The molecule has 0 aliphatic heterocycles. The molecule has 0 bridgehead atoms. The summed E-state index contributed by atoms with van der Waals surface area (Å²) in [4.78, 5) is 69.9. The molecular weight excluding hydrogens is 744 g/mol. The zero-order valence-electron chi connectivity index (χ0n) is 29.6. The molecule has 0 saturated heterocycles. The van der Waals surface area contributed by atoms with E-state index in [9.17, 15) is 28.8 Å². The third-order valence-corrected chi connectivity index (χ3v) is 5.86. The lowest BCUT2D eigenvalue weighted by Gasteiger charge is -2.17. The summed E-state index contributed by atoms with van der Waals surface area (Å²) < 4.78 is 62.9.